The zero-order valence-corrected chi connectivity index (χ0v) is 41.3. The van der Waals surface area contributed by atoms with Crippen LogP contribution < -0.4 is 29.9 Å². The molecule has 0 fully saturated rings. The number of hydrogen-bond donors (Lipinski definition) is 1. The molecule has 0 amide bonds. The van der Waals surface area contributed by atoms with Crippen LogP contribution in [0.1, 0.15) is 0 Å². The molecule has 2 aromatic heterocycles. The van der Waals surface area contributed by atoms with Gasteiger partial charge in [0.2, 0.25) is 17.2 Å². The molecule has 1 aliphatic heterocycles. The molecule has 1 aliphatic rings. The summed E-state index contributed by atoms with van der Waals surface area (Å²) in [5.41, 5.74) is 7.24. The monoisotopic (exact) mass is 997 g/mol. The van der Waals surface area contributed by atoms with E-state index in [1.165, 1.54) is 0 Å². The quantitative estimate of drug-likeness (QED) is 0.110. The molecular weight excluding hydrogens is 955 g/mol. The van der Waals surface area contributed by atoms with Crippen LogP contribution in [0.3, 0.4) is 0 Å². The Morgan fingerprint density at radius 3 is 1.31 bits per heavy atom. The molecule has 1 N–H and O–H groups in total. The average molecular weight is 998 g/mol. The van der Waals surface area contributed by atoms with Gasteiger partial charge in [0, 0.05) is 27.9 Å². The minimum Gasteiger partial charge on any atom is -0.322 e. The van der Waals surface area contributed by atoms with Crippen molar-refractivity contribution in [3.05, 3.63) is 255 Å². The van der Waals surface area contributed by atoms with Crippen molar-refractivity contribution in [2.45, 2.75) is 0 Å². The fourth-order valence-electron chi connectivity index (χ4n) is 8.97. The van der Waals surface area contributed by atoms with Gasteiger partial charge in [0.05, 0.1) is 28.1 Å². The summed E-state index contributed by atoms with van der Waals surface area (Å²) in [6, 6.07) is 80.9. The van der Waals surface area contributed by atoms with Crippen molar-refractivity contribution >= 4 is 72.0 Å². The second-order valence-corrected chi connectivity index (χ2v) is 21.0. The number of nitrogens with one attached hydrogen (secondary N) is 1. The topological polar surface area (TPSA) is 133 Å². The third-order valence-electron chi connectivity index (χ3n) is 12.4. The lowest BCUT2D eigenvalue weighted by Crippen LogP contribution is -2.28. The van der Waals surface area contributed by atoms with Crippen LogP contribution in [-0.4, -0.2) is 29.9 Å². The number of nitrogens with zero attached hydrogens (tertiary/aromatic N) is 9. The normalized spacial score (nSPS) is 14.0. The molecule has 0 spiro atoms. The Labute approximate surface area is 428 Å². The molecule has 9 aromatic carbocycles. The molecule has 2 unspecified atom stereocenters. The molecule has 0 bridgehead atoms. The first-order valence-electron chi connectivity index (χ1n) is 23.9. The molecule has 14 heteroatoms. The summed E-state index contributed by atoms with van der Waals surface area (Å²) in [5.74, 6) is 2.40. The van der Waals surface area contributed by atoms with E-state index in [2.05, 4.69) is 5.32 Å². The predicted molar refractivity (Wildman–Crippen MR) is 298 cm³/mol. The van der Waals surface area contributed by atoms with Crippen LogP contribution in [0, 0.1) is 0 Å². The van der Waals surface area contributed by atoms with Gasteiger partial charge in [-0.15, -0.1) is 4.67 Å². The summed E-state index contributed by atoms with van der Waals surface area (Å²) in [6.07, 6.45) is 0. The number of para-hydroxylation sites is 6. The SMILES string of the molecule is O=[P+](c1ccc(P2(=O)N(c3ccccc3)c3ccccc3N2c2nc(-c3ccccc3)nc(-c3ccccc3)n2)cc1)N(c1ccccc1)c1ccccc1Nc1nc(-c2ccccc2)nc(-c2ccccc2)n1. The molecule has 0 aliphatic carbocycles. The number of aromatic nitrogens is 6. The van der Waals surface area contributed by atoms with Crippen molar-refractivity contribution in [2.24, 2.45) is 0 Å². The predicted octanol–water partition coefficient (Wildman–Crippen LogP) is 14.5. The van der Waals surface area contributed by atoms with Gasteiger partial charge in [-0.1, -0.05) is 182 Å². The lowest BCUT2D eigenvalue weighted by atomic mass is 10.2. The first kappa shape index (κ1) is 45.7. The van der Waals surface area contributed by atoms with Crippen molar-refractivity contribution < 1.29 is 9.13 Å². The first-order valence-corrected chi connectivity index (χ1v) is 26.7. The smallest absolute Gasteiger partial charge is 0.322 e. The number of hydrogen-bond acceptors (Lipinski definition) is 9. The number of benzene rings is 9. The van der Waals surface area contributed by atoms with Gasteiger partial charge < -0.3 is 5.32 Å². The Kier molecular flexibility index (Phi) is 12.3. The van der Waals surface area contributed by atoms with Gasteiger partial charge in [0.1, 0.15) is 5.69 Å². The molecule has 3 heterocycles. The van der Waals surface area contributed by atoms with E-state index in [-0.39, 0.29) is 5.95 Å². The van der Waals surface area contributed by atoms with Gasteiger partial charge in [0.25, 0.3) is 0 Å². The minimum atomic E-state index is -4.00. The average Bonchev–Trinajstić information content (AvgIpc) is 3.76. The highest BCUT2D eigenvalue weighted by molar-refractivity contribution is 7.76. The van der Waals surface area contributed by atoms with E-state index in [0.29, 0.717) is 74.0 Å². The van der Waals surface area contributed by atoms with Gasteiger partial charge in [-0.2, -0.15) is 19.9 Å². The summed E-state index contributed by atoms with van der Waals surface area (Å²) in [5, 5.41) is 4.45. The Bertz CT molecular complexity index is 3710. The molecular formula is C60H43N10O2P2+. The lowest BCUT2D eigenvalue weighted by molar-refractivity contribution is 0.582. The van der Waals surface area contributed by atoms with Crippen molar-refractivity contribution in [3.63, 3.8) is 0 Å². The summed E-state index contributed by atoms with van der Waals surface area (Å²) in [7, 11) is -6.39. The van der Waals surface area contributed by atoms with E-state index in [4.69, 9.17) is 29.9 Å². The molecule has 0 radical (unpaired) electrons. The second kappa shape index (κ2) is 20.0. The van der Waals surface area contributed by atoms with Crippen LogP contribution in [0.15, 0.2) is 255 Å². The van der Waals surface area contributed by atoms with Crippen molar-refractivity contribution in [3.8, 4) is 45.6 Å². The molecule has 74 heavy (non-hydrogen) atoms. The van der Waals surface area contributed by atoms with E-state index < -0.39 is 15.4 Å². The highest BCUT2D eigenvalue weighted by Gasteiger charge is 2.51. The zero-order chi connectivity index (χ0) is 49.8. The van der Waals surface area contributed by atoms with Gasteiger partial charge in [-0.25, -0.2) is 14.6 Å². The highest BCUT2D eigenvalue weighted by atomic mass is 31.2. The second-order valence-electron chi connectivity index (χ2n) is 17.1. The van der Waals surface area contributed by atoms with Crippen molar-refractivity contribution in [1.82, 2.24) is 29.9 Å². The maximum atomic E-state index is 17.0. The molecule has 11 aromatic rings. The fraction of sp³-hybridized carbons (Fsp3) is 0. The van der Waals surface area contributed by atoms with E-state index >= 15 is 9.13 Å². The molecule has 0 saturated carbocycles. The minimum absolute atomic E-state index is 0.214. The third-order valence-corrected chi connectivity index (χ3v) is 16.9. The molecule has 2 atom stereocenters. The van der Waals surface area contributed by atoms with Crippen LogP contribution >= 0.6 is 15.4 Å². The maximum Gasteiger partial charge on any atom is 0.506 e. The van der Waals surface area contributed by atoms with Crippen LogP contribution in [0.25, 0.3) is 45.6 Å². The molecule has 354 valence electrons. The van der Waals surface area contributed by atoms with Gasteiger partial charge >= 0.3 is 15.4 Å². The molecule has 0 saturated heterocycles. The largest absolute Gasteiger partial charge is 0.506 e. The molecule has 12 rings (SSSR count). The van der Waals surface area contributed by atoms with Crippen LogP contribution in [0.5, 0.6) is 0 Å². The summed E-state index contributed by atoms with van der Waals surface area (Å²) < 4.78 is 38.0. The van der Waals surface area contributed by atoms with E-state index in [0.717, 1.165) is 22.3 Å². The summed E-state index contributed by atoms with van der Waals surface area (Å²) in [4.78, 5) is 29.8. The van der Waals surface area contributed by atoms with Crippen LogP contribution in [0.4, 0.5) is 46.0 Å². The summed E-state index contributed by atoms with van der Waals surface area (Å²) >= 11 is 0. The maximum absolute atomic E-state index is 17.0. The first-order chi connectivity index (χ1) is 36.5. The van der Waals surface area contributed by atoms with E-state index in [1.54, 1.807) is 21.5 Å². The van der Waals surface area contributed by atoms with Gasteiger partial charge in [-0.3, -0.25) is 9.24 Å². The molecule has 12 nitrogen and oxygen atoms in total. The van der Waals surface area contributed by atoms with E-state index in [9.17, 15) is 0 Å². The highest BCUT2D eigenvalue weighted by Crippen LogP contribution is 2.69. The van der Waals surface area contributed by atoms with Crippen molar-refractivity contribution in [2.75, 3.05) is 19.3 Å². The Hall–Kier alpha value is -9.47. The lowest BCUT2D eigenvalue weighted by Gasteiger charge is -2.32. The van der Waals surface area contributed by atoms with E-state index in [1.807, 2.05) is 247 Å². The number of anilines is 8. The van der Waals surface area contributed by atoms with Crippen LogP contribution in [0.2, 0.25) is 0 Å². The fourth-order valence-corrected chi connectivity index (χ4v) is 13.2. The van der Waals surface area contributed by atoms with Gasteiger partial charge in [-0.05, 0) is 77.4 Å². The third kappa shape index (κ3) is 8.75. The Balaban J connectivity index is 0.967. The zero-order valence-electron chi connectivity index (χ0n) is 39.5. The summed E-state index contributed by atoms with van der Waals surface area (Å²) in [6.45, 7) is 0. The standard InChI is InChI=1S/C60H43N10O2P2/c71-73(68(47-31-15-5-16-32-47)52-36-20-19-35-51(52)61-59-64-55(43-23-7-1-8-24-43)62-56(65-59)44-25-9-2-10-26-44)49-39-41-50(42-40-49)74(72)69(48-33-17-6-18-34-48)53-37-21-22-38-54(53)70(74)60-66-57(45-27-11-3-12-28-45)63-58(67-60)46-29-13-4-14-30-46/h1-42H,(H,61,62,64,65)/q+1. The number of fused-ring (bicyclic) bond motifs is 1. The van der Waals surface area contributed by atoms with Gasteiger partial charge in [0.15, 0.2) is 23.3 Å². The van der Waals surface area contributed by atoms with Crippen LogP contribution in [-0.2, 0) is 9.13 Å². The Morgan fingerprint density at radius 1 is 0.405 bits per heavy atom. The van der Waals surface area contributed by atoms with Crippen molar-refractivity contribution in [1.29, 1.82) is 0 Å². The Morgan fingerprint density at radius 2 is 0.811 bits per heavy atom. The number of rotatable bonds is 13.